The van der Waals surface area contributed by atoms with Crippen LogP contribution >= 0.6 is 15.9 Å². The molecule has 3 aromatic rings. The number of anilines is 1. The van der Waals surface area contributed by atoms with Gasteiger partial charge in [0.2, 0.25) is 6.10 Å². The first kappa shape index (κ1) is 21.1. The minimum Gasteiger partial charge on any atom is -0.444 e. The van der Waals surface area contributed by atoms with E-state index in [1.807, 2.05) is 0 Å². The Balaban J connectivity index is 1.91. The third-order valence-corrected chi connectivity index (χ3v) is 4.55. The van der Waals surface area contributed by atoms with Crippen LogP contribution in [0.2, 0.25) is 0 Å². The van der Waals surface area contributed by atoms with Crippen molar-refractivity contribution in [3.05, 3.63) is 98.3 Å². The number of carbonyl (C=O) groups is 2. The summed E-state index contributed by atoms with van der Waals surface area (Å²) < 4.78 is 6.03. The summed E-state index contributed by atoms with van der Waals surface area (Å²) in [6.07, 6.45) is 1.51. The number of esters is 1. The van der Waals surface area contributed by atoms with Crippen LogP contribution in [0.1, 0.15) is 27.6 Å². The van der Waals surface area contributed by atoms with E-state index in [0.717, 1.165) is 0 Å². The number of rotatable bonds is 6. The second kappa shape index (κ2) is 9.27. The zero-order valence-electron chi connectivity index (χ0n) is 15.7. The first-order chi connectivity index (χ1) is 14.3. The van der Waals surface area contributed by atoms with Gasteiger partial charge in [-0.15, -0.1) is 0 Å². The van der Waals surface area contributed by atoms with E-state index in [9.17, 15) is 19.7 Å². The van der Waals surface area contributed by atoms with E-state index in [4.69, 9.17) is 4.74 Å². The number of hydrogen-bond acceptors (Lipinski definition) is 6. The number of nitrogens with one attached hydrogen (secondary N) is 1. The summed E-state index contributed by atoms with van der Waals surface area (Å²) in [7, 11) is 0. The highest BCUT2D eigenvalue weighted by Crippen LogP contribution is 2.28. The van der Waals surface area contributed by atoms with Crippen LogP contribution in [0.3, 0.4) is 0 Å². The molecule has 0 aliphatic heterocycles. The van der Waals surface area contributed by atoms with E-state index >= 15 is 0 Å². The van der Waals surface area contributed by atoms with E-state index in [2.05, 4.69) is 26.2 Å². The Bertz CT molecular complexity index is 1100. The van der Waals surface area contributed by atoms with Crippen LogP contribution in [-0.2, 0) is 9.53 Å². The molecular formula is C21H16BrN3O5. The Labute approximate surface area is 180 Å². The average molecular weight is 470 g/mol. The summed E-state index contributed by atoms with van der Waals surface area (Å²) in [5, 5.41) is 13.9. The van der Waals surface area contributed by atoms with Crippen molar-refractivity contribution in [1.82, 2.24) is 4.98 Å². The van der Waals surface area contributed by atoms with E-state index in [-0.39, 0.29) is 16.9 Å². The first-order valence-corrected chi connectivity index (χ1v) is 9.57. The highest BCUT2D eigenvalue weighted by Gasteiger charge is 2.28. The number of nitro groups is 1. The topological polar surface area (TPSA) is 111 Å². The van der Waals surface area contributed by atoms with E-state index in [1.54, 1.807) is 43.3 Å². The van der Waals surface area contributed by atoms with Gasteiger partial charge in [0.1, 0.15) is 5.69 Å². The van der Waals surface area contributed by atoms with E-state index in [1.165, 1.54) is 30.6 Å². The van der Waals surface area contributed by atoms with Crippen molar-refractivity contribution in [3.8, 4) is 0 Å². The third kappa shape index (κ3) is 5.06. The maximum absolute atomic E-state index is 13.0. The number of ether oxygens (including phenoxy) is 1. The lowest BCUT2D eigenvalue weighted by Gasteiger charge is -2.18. The molecule has 9 heteroatoms. The Hall–Kier alpha value is -3.59. The van der Waals surface area contributed by atoms with E-state index in [0.29, 0.717) is 15.6 Å². The lowest BCUT2D eigenvalue weighted by atomic mass is 10.1. The number of nitrogens with zero attached hydrogens (tertiary/aromatic N) is 2. The molecule has 3 rings (SSSR count). The summed E-state index contributed by atoms with van der Waals surface area (Å²) in [5.41, 5.74) is 1.00. The number of nitro benzene ring substituents is 1. The molecular weight excluding hydrogens is 454 g/mol. The van der Waals surface area contributed by atoms with Gasteiger partial charge in [0.25, 0.3) is 11.6 Å². The lowest BCUT2D eigenvalue weighted by Crippen LogP contribution is -2.26. The van der Waals surface area contributed by atoms with Gasteiger partial charge in [0.05, 0.1) is 10.5 Å². The van der Waals surface area contributed by atoms with Gasteiger partial charge in [-0.05, 0) is 40.5 Å². The van der Waals surface area contributed by atoms with Crippen molar-refractivity contribution in [1.29, 1.82) is 0 Å². The third-order valence-electron chi connectivity index (χ3n) is 4.11. The molecule has 1 unspecified atom stereocenters. The predicted octanol–water partition coefficient (Wildman–Crippen LogP) is 4.60. The average Bonchev–Trinajstić information content (AvgIpc) is 2.73. The largest absolute Gasteiger partial charge is 0.444 e. The summed E-state index contributed by atoms with van der Waals surface area (Å²) in [6.45, 7) is 1.71. The minimum atomic E-state index is -1.32. The second-order valence-corrected chi connectivity index (χ2v) is 7.27. The van der Waals surface area contributed by atoms with Crippen LogP contribution in [0.5, 0.6) is 0 Å². The number of aryl methyl sites for hydroxylation is 1. The van der Waals surface area contributed by atoms with Gasteiger partial charge in [-0.3, -0.25) is 19.9 Å². The molecule has 0 fully saturated rings. The van der Waals surface area contributed by atoms with Gasteiger partial charge in [-0.25, -0.2) is 4.79 Å². The van der Waals surface area contributed by atoms with Crippen LogP contribution in [0.15, 0.2) is 71.5 Å². The highest BCUT2D eigenvalue weighted by molar-refractivity contribution is 9.10. The van der Waals surface area contributed by atoms with Crippen LogP contribution < -0.4 is 5.32 Å². The SMILES string of the molecule is Cc1ccc(NC(=O)C(OC(=O)c2cncc(Br)c2)c2ccccc2)c([N+](=O)[O-])c1. The summed E-state index contributed by atoms with van der Waals surface area (Å²) in [6, 6.07) is 14.3. The molecule has 1 heterocycles. The van der Waals surface area contributed by atoms with Gasteiger partial charge >= 0.3 is 5.97 Å². The fourth-order valence-corrected chi connectivity index (χ4v) is 3.06. The zero-order chi connectivity index (χ0) is 21.7. The molecule has 30 heavy (non-hydrogen) atoms. The molecule has 1 N–H and O–H groups in total. The fourth-order valence-electron chi connectivity index (χ4n) is 2.70. The molecule has 0 aliphatic rings. The molecule has 0 saturated carbocycles. The van der Waals surface area contributed by atoms with Crippen molar-refractivity contribution in [2.45, 2.75) is 13.0 Å². The monoisotopic (exact) mass is 469 g/mol. The Morgan fingerprint density at radius 2 is 1.87 bits per heavy atom. The highest BCUT2D eigenvalue weighted by atomic mass is 79.9. The number of halogens is 1. The standard InChI is InChI=1S/C21H16BrN3O5/c1-13-7-8-17(18(9-13)25(28)29)24-20(26)19(14-5-3-2-4-6-14)30-21(27)15-10-16(22)12-23-11-15/h2-12,19H,1H3,(H,24,26). The Morgan fingerprint density at radius 3 is 2.53 bits per heavy atom. The van der Waals surface area contributed by atoms with Gasteiger partial charge in [0.15, 0.2) is 0 Å². The van der Waals surface area contributed by atoms with Crippen molar-refractivity contribution in [3.63, 3.8) is 0 Å². The van der Waals surface area contributed by atoms with Gasteiger partial charge in [0, 0.05) is 28.5 Å². The molecule has 1 amide bonds. The molecule has 2 aromatic carbocycles. The van der Waals surface area contributed by atoms with Gasteiger partial charge < -0.3 is 10.1 Å². The maximum Gasteiger partial charge on any atom is 0.340 e. The quantitative estimate of drug-likeness (QED) is 0.320. The summed E-state index contributed by atoms with van der Waals surface area (Å²) in [4.78, 5) is 40.2. The van der Waals surface area contributed by atoms with Crippen molar-refractivity contribution >= 4 is 39.2 Å². The lowest BCUT2D eigenvalue weighted by molar-refractivity contribution is -0.384. The number of amides is 1. The predicted molar refractivity (Wildman–Crippen MR) is 113 cm³/mol. The maximum atomic E-state index is 13.0. The number of pyridine rings is 1. The van der Waals surface area contributed by atoms with Crippen molar-refractivity contribution in [2.24, 2.45) is 0 Å². The number of carbonyl (C=O) groups excluding carboxylic acids is 2. The first-order valence-electron chi connectivity index (χ1n) is 8.77. The normalized spacial score (nSPS) is 11.4. The number of aromatic nitrogens is 1. The minimum absolute atomic E-state index is 0.0108. The number of hydrogen-bond donors (Lipinski definition) is 1. The van der Waals surface area contributed by atoms with Gasteiger partial charge in [-0.1, -0.05) is 36.4 Å². The van der Waals surface area contributed by atoms with Crippen LogP contribution in [0.4, 0.5) is 11.4 Å². The fraction of sp³-hybridized carbons (Fsp3) is 0.0952. The Kier molecular flexibility index (Phi) is 6.53. The van der Waals surface area contributed by atoms with E-state index < -0.39 is 22.9 Å². The molecule has 1 atom stereocenters. The van der Waals surface area contributed by atoms with Crippen molar-refractivity contribution < 1.29 is 19.2 Å². The smallest absolute Gasteiger partial charge is 0.340 e. The molecule has 8 nitrogen and oxygen atoms in total. The van der Waals surface area contributed by atoms with Crippen LogP contribution in [0.25, 0.3) is 0 Å². The van der Waals surface area contributed by atoms with Crippen LogP contribution in [-0.4, -0.2) is 21.8 Å². The zero-order valence-corrected chi connectivity index (χ0v) is 17.3. The molecule has 0 spiro atoms. The summed E-state index contributed by atoms with van der Waals surface area (Å²) >= 11 is 3.23. The molecule has 0 aliphatic carbocycles. The van der Waals surface area contributed by atoms with Crippen molar-refractivity contribution in [2.75, 3.05) is 5.32 Å². The second-order valence-electron chi connectivity index (χ2n) is 6.35. The Morgan fingerprint density at radius 1 is 1.13 bits per heavy atom. The summed E-state index contributed by atoms with van der Waals surface area (Å²) in [5.74, 6) is -1.48. The molecule has 152 valence electrons. The molecule has 0 radical (unpaired) electrons. The molecule has 0 bridgehead atoms. The van der Waals surface area contributed by atoms with Crippen LogP contribution in [0, 0.1) is 17.0 Å². The molecule has 1 aromatic heterocycles. The molecule has 0 saturated heterocycles. The number of benzene rings is 2. The van der Waals surface area contributed by atoms with Gasteiger partial charge in [-0.2, -0.15) is 0 Å².